The topological polar surface area (TPSA) is 60.4 Å². The molecule has 4 nitrogen and oxygen atoms in total. The van der Waals surface area contributed by atoms with Crippen molar-refractivity contribution in [3.05, 3.63) is 77.1 Å². The summed E-state index contributed by atoms with van der Waals surface area (Å²) < 4.78 is 44.7. The van der Waals surface area contributed by atoms with Gasteiger partial charge in [-0.3, -0.25) is 4.79 Å². The molecule has 7 heteroatoms. The third kappa shape index (κ3) is 5.56. The van der Waals surface area contributed by atoms with Crippen LogP contribution in [0.1, 0.15) is 32.8 Å². The van der Waals surface area contributed by atoms with Crippen molar-refractivity contribution in [1.82, 2.24) is 0 Å². The summed E-state index contributed by atoms with van der Waals surface area (Å²) in [5, 5.41) is 0.457. The quantitative estimate of drug-likeness (QED) is 0.236. The summed E-state index contributed by atoms with van der Waals surface area (Å²) in [4.78, 5) is 12.5. The van der Waals surface area contributed by atoms with Crippen molar-refractivity contribution >= 4 is 27.4 Å². The van der Waals surface area contributed by atoms with Crippen LogP contribution in [0, 0.1) is 18.2 Å². The molecule has 0 aliphatic heterocycles. The second kappa shape index (κ2) is 9.04. The number of hydrogen-bond acceptors (Lipinski definition) is 4. The summed E-state index contributed by atoms with van der Waals surface area (Å²) in [6, 6.07) is 14.3. The lowest BCUT2D eigenvalue weighted by Crippen LogP contribution is -2.18. The summed E-state index contributed by atoms with van der Waals surface area (Å²) in [5.41, 5.74) is 1.70. The van der Waals surface area contributed by atoms with Crippen LogP contribution in [0.5, 0.6) is 5.75 Å². The second-order valence-corrected chi connectivity index (χ2v) is 11.2. The molecule has 0 saturated carbocycles. The minimum absolute atomic E-state index is 0.00519. The minimum atomic E-state index is -3.81. The zero-order valence-corrected chi connectivity index (χ0v) is 19.9. The predicted octanol–water partition coefficient (Wildman–Crippen LogP) is 6.63. The Hall–Kier alpha value is -2.70. The third-order valence-electron chi connectivity index (χ3n) is 4.76. The second-order valence-electron chi connectivity index (χ2n) is 8.79. The fourth-order valence-electron chi connectivity index (χ4n) is 3.25. The molecule has 0 aliphatic carbocycles. The van der Waals surface area contributed by atoms with E-state index in [1.54, 1.807) is 31.2 Å². The Kier molecular flexibility index (Phi) is 6.77. The first-order valence-corrected chi connectivity index (χ1v) is 11.8. The highest BCUT2D eigenvalue weighted by molar-refractivity contribution is 7.91. The van der Waals surface area contributed by atoms with Crippen LogP contribution in [0.4, 0.5) is 4.39 Å². The van der Waals surface area contributed by atoms with Gasteiger partial charge in [-0.25, -0.2) is 12.8 Å². The monoisotopic (exact) mass is 474 g/mol. The van der Waals surface area contributed by atoms with Gasteiger partial charge in [-0.1, -0.05) is 38.4 Å². The number of ether oxygens (including phenoxy) is 1. The number of carbonyl (C=O) groups is 1. The maximum atomic E-state index is 13.2. The molecule has 0 fully saturated rings. The summed E-state index contributed by atoms with van der Waals surface area (Å²) in [6.07, 6.45) is 0.239. The van der Waals surface area contributed by atoms with Gasteiger partial charge in [-0.2, -0.15) is 0 Å². The lowest BCUT2D eigenvalue weighted by atomic mass is 9.92. The molecule has 3 aromatic carbocycles. The molecule has 0 N–H and O–H groups in total. The Morgan fingerprint density at radius 2 is 1.56 bits per heavy atom. The molecule has 0 amide bonds. The van der Waals surface area contributed by atoms with E-state index < -0.39 is 15.7 Å². The van der Waals surface area contributed by atoms with Gasteiger partial charge in [0.2, 0.25) is 9.84 Å². The van der Waals surface area contributed by atoms with Crippen molar-refractivity contribution in [1.29, 1.82) is 0 Å². The molecule has 0 spiro atoms. The van der Waals surface area contributed by atoms with Crippen LogP contribution < -0.4 is 4.74 Å². The van der Waals surface area contributed by atoms with E-state index in [9.17, 15) is 17.6 Å². The number of halogens is 2. The highest BCUT2D eigenvalue weighted by Gasteiger charge is 2.22. The van der Waals surface area contributed by atoms with Crippen LogP contribution >= 0.6 is 11.6 Å². The number of hydrogen-bond donors (Lipinski definition) is 0. The maximum absolute atomic E-state index is 13.2. The molecular weight excluding hydrogens is 451 g/mol. The van der Waals surface area contributed by atoms with Gasteiger partial charge in [-0.05, 0) is 78.1 Å². The molecule has 0 aliphatic rings. The van der Waals surface area contributed by atoms with E-state index in [1.807, 2.05) is 20.8 Å². The van der Waals surface area contributed by atoms with E-state index in [1.165, 1.54) is 24.3 Å². The Balaban J connectivity index is 2.00. The van der Waals surface area contributed by atoms with Crippen LogP contribution in [0.2, 0.25) is 5.02 Å². The fourth-order valence-corrected chi connectivity index (χ4v) is 4.77. The lowest BCUT2D eigenvalue weighted by Gasteiger charge is -2.18. The molecule has 3 rings (SSSR count). The standard InChI is InChI=1S/C25H24ClFO4S/c1-16-13-20(32(29,30)19-8-6-18(27)7-9-19)10-11-21(16)22-14-17(26)5-12-23(22)31-24(28)15-25(2,3)4/h5-14H,15H2,1-4H3. The molecule has 0 atom stereocenters. The number of esters is 1. The smallest absolute Gasteiger partial charge is 0.311 e. The number of rotatable bonds is 5. The van der Waals surface area contributed by atoms with Crippen LogP contribution in [0.15, 0.2) is 70.5 Å². The van der Waals surface area contributed by atoms with Crippen LogP contribution in [-0.4, -0.2) is 14.4 Å². The van der Waals surface area contributed by atoms with E-state index in [4.69, 9.17) is 16.3 Å². The highest BCUT2D eigenvalue weighted by atomic mass is 35.5. The summed E-state index contributed by atoms with van der Waals surface area (Å²) in [7, 11) is -3.81. The van der Waals surface area contributed by atoms with Gasteiger partial charge >= 0.3 is 5.97 Å². The fraction of sp³-hybridized carbons (Fsp3) is 0.240. The lowest BCUT2D eigenvalue weighted by molar-refractivity contribution is -0.136. The minimum Gasteiger partial charge on any atom is -0.426 e. The first kappa shape index (κ1) is 24.0. The third-order valence-corrected chi connectivity index (χ3v) is 6.76. The number of sulfone groups is 1. The molecule has 32 heavy (non-hydrogen) atoms. The first-order valence-electron chi connectivity index (χ1n) is 9.99. The SMILES string of the molecule is Cc1cc(S(=O)(=O)c2ccc(F)cc2)ccc1-c1cc(Cl)ccc1OC(=O)CC(C)(C)C. The van der Waals surface area contributed by atoms with Crippen molar-refractivity contribution in [2.45, 2.75) is 43.9 Å². The van der Waals surface area contributed by atoms with E-state index in [-0.39, 0.29) is 27.6 Å². The largest absolute Gasteiger partial charge is 0.426 e. The Labute approximate surface area is 192 Å². The molecule has 0 heterocycles. The highest BCUT2D eigenvalue weighted by Crippen LogP contribution is 2.36. The Morgan fingerprint density at radius 3 is 2.16 bits per heavy atom. The van der Waals surface area contributed by atoms with E-state index in [2.05, 4.69) is 0 Å². The molecule has 3 aromatic rings. The predicted molar refractivity (Wildman–Crippen MR) is 123 cm³/mol. The molecule has 0 unspecified atom stereocenters. The van der Waals surface area contributed by atoms with Crippen molar-refractivity contribution in [3.8, 4) is 16.9 Å². The first-order chi connectivity index (χ1) is 14.9. The average Bonchev–Trinajstić information content (AvgIpc) is 2.68. The van der Waals surface area contributed by atoms with Crippen LogP contribution in [0.3, 0.4) is 0 Å². The van der Waals surface area contributed by atoms with Crippen LogP contribution in [-0.2, 0) is 14.6 Å². The van der Waals surface area contributed by atoms with Crippen LogP contribution in [0.25, 0.3) is 11.1 Å². The van der Waals surface area contributed by atoms with Crippen molar-refractivity contribution in [2.24, 2.45) is 5.41 Å². The summed E-state index contributed by atoms with van der Waals surface area (Å²) in [6.45, 7) is 7.60. The Bertz CT molecular complexity index is 1260. The van der Waals surface area contributed by atoms with E-state index >= 15 is 0 Å². The zero-order chi connectivity index (χ0) is 23.7. The van der Waals surface area contributed by atoms with Gasteiger partial charge in [0.25, 0.3) is 0 Å². The molecule has 0 bridgehead atoms. The van der Waals surface area contributed by atoms with Crippen molar-refractivity contribution in [3.63, 3.8) is 0 Å². The van der Waals surface area contributed by atoms with Gasteiger partial charge in [0.15, 0.2) is 0 Å². The number of aryl methyl sites for hydroxylation is 1. The number of carbonyl (C=O) groups excluding carboxylic acids is 1. The van der Waals surface area contributed by atoms with Gasteiger partial charge in [0.05, 0.1) is 16.2 Å². The summed E-state index contributed by atoms with van der Waals surface area (Å²) in [5.74, 6) is -0.528. The van der Waals surface area contributed by atoms with Gasteiger partial charge < -0.3 is 4.74 Å². The molecule has 0 radical (unpaired) electrons. The molecule has 168 valence electrons. The maximum Gasteiger partial charge on any atom is 0.311 e. The summed E-state index contributed by atoms with van der Waals surface area (Å²) >= 11 is 6.19. The average molecular weight is 475 g/mol. The number of benzene rings is 3. The molecule has 0 saturated heterocycles. The Morgan fingerprint density at radius 1 is 0.938 bits per heavy atom. The van der Waals surface area contributed by atoms with Gasteiger partial charge in [0, 0.05) is 10.6 Å². The van der Waals surface area contributed by atoms with Gasteiger partial charge in [-0.15, -0.1) is 0 Å². The molecule has 0 aromatic heterocycles. The molecular formula is C25H24ClFO4S. The van der Waals surface area contributed by atoms with Crippen molar-refractivity contribution < 1.29 is 22.3 Å². The van der Waals surface area contributed by atoms with E-state index in [0.29, 0.717) is 27.5 Å². The van der Waals surface area contributed by atoms with E-state index in [0.717, 1.165) is 12.1 Å². The van der Waals surface area contributed by atoms with Gasteiger partial charge in [0.1, 0.15) is 11.6 Å². The normalized spacial score (nSPS) is 11.9. The zero-order valence-electron chi connectivity index (χ0n) is 18.3. The van der Waals surface area contributed by atoms with Crippen molar-refractivity contribution in [2.75, 3.05) is 0 Å².